The van der Waals surface area contributed by atoms with Gasteiger partial charge in [0.1, 0.15) is 0 Å². The second kappa shape index (κ2) is 5.28. The molecule has 0 bridgehead atoms. The lowest BCUT2D eigenvalue weighted by atomic mass is 10.5. The Morgan fingerprint density at radius 2 is 2.00 bits per heavy atom. The maximum Gasteiger partial charge on any atom is 0.0824 e. The number of rotatable bonds is 2. The standard InChI is InChI=1S/C6H10O/c1-3-4-5-6-7-2/h3-6H,1-2H3/b4-3-,6-5+. The molecule has 0 amide bonds. The molecule has 0 aromatic heterocycles. The molecule has 1 nitrogen and oxygen atoms in total. The molecule has 0 aliphatic rings. The molecule has 0 saturated heterocycles. The van der Waals surface area contributed by atoms with E-state index in [1.165, 1.54) is 0 Å². The van der Waals surface area contributed by atoms with Crippen molar-refractivity contribution in [2.75, 3.05) is 7.11 Å². The molecule has 0 heterocycles. The zero-order valence-electron chi connectivity index (χ0n) is 4.72. The normalized spacial score (nSPS) is 11.1. The predicted molar refractivity (Wildman–Crippen MR) is 31.0 cm³/mol. The Hall–Kier alpha value is -0.720. The van der Waals surface area contributed by atoms with E-state index < -0.39 is 0 Å². The molecular formula is C6H10O. The summed E-state index contributed by atoms with van der Waals surface area (Å²) in [4.78, 5) is 0. The van der Waals surface area contributed by atoms with Crippen LogP contribution in [0.3, 0.4) is 0 Å². The average Bonchev–Trinajstić information content (AvgIpc) is 1.69. The van der Waals surface area contributed by atoms with E-state index in [0.29, 0.717) is 0 Å². The van der Waals surface area contributed by atoms with Crippen molar-refractivity contribution in [2.24, 2.45) is 0 Å². The van der Waals surface area contributed by atoms with Crippen molar-refractivity contribution < 1.29 is 4.74 Å². The number of hydrogen-bond acceptors (Lipinski definition) is 1. The molecule has 40 valence electrons. The largest absolute Gasteiger partial charge is 0.504 e. The van der Waals surface area contributed by atoms with E-state index in [0.717, 1.165) is 0 Å². The van der Waals surface area contributed by atoms with Crippen LogP contribution in [0.5, 0.6) is 0 Å². The first-order valence-electron chi connectivity index (χ1n) is 2.22. The van der Waals surface area contributed by atoms with Crippen molar-refractivity contribution in [1.82, 2.24) is 0 Å². The highest BCUT2D eigenvalue weighted by atomic mass is 16.5. The van der Waals surface area contributed by atoms with Gasteiger partial charge in [0, 0.05) is 0 Å². The second-order valence-electron chi connectivity index (χ2n) is 1.09. The highest BCUT2D eigenvalue weighted by Crippen LogP contribution is 1.74. The van der Waals surface area contributed by atoms with Crippen LogP contribution in [0.4, 0.5) is 0 Å². The van der Waals surface area contributed by atoms with Crippen LogP contribution < -0.4 is 0 Å². The topological polar surface area (TPSA) is 9.23 Å². The summed E-state index contributed by atoms with van der Waals surface area (Å²) in [5.74, 6) is 0. The molecule has 0 N–H and O–H groups in total. The van der Waals surface area contributed by atoms with E-state index in [-0.39, 0.29) is 0 Å². The molecule has 0 radical (unpaired) electrons. The molecule has 0 unspecified atom stereocenters. The number of hydrogen-bond donors (Lipinski definition) is 0. The van der Waals surface area contributed by atoms with Crippen molar-refractivity contribution >= 4 is 0 Å². The fraction of sp³-hybridized carbons (Fsp3) is 0.333. The lowest BCUT2D eigenvalue weighted by molar-refractivity contribution is 0.338. The lowest BCUT2D eigenvalue weighted by Crippen LogP contribution is -1.59. The molecule has 0 aliphatic carbocycles. The SMILES string of the molecule is C/C=C\C=C\OC. The van der Waals surface area contributed by atoms with E-state index >= 15 is 0 Å². The molecule has 0 aromatic carbocycles. The summed E-state index contributed by atoms with van der Waals surface area (Å²) < 4.78 is 4.61. The minimum Gasteiger partial charge on any atom is -0.504 e. The molecule has 0 aromatic rings. The van der Waals surface area contributed by atoms with Crippen LogP contribution >= 0.6 is 0 Å². The summed E-state index contributed by atoms with van der Waals surface area (Å²) in [6.07, 6.45) is 7.30. The van der Waals surface area contributed by atoms with Crippen molar-refractivity contribution in [3.63, 3.8) is 0 Å². The molecule has 0 aliphatic heterocycles. The van der Waals surface area contributed by atoms with Gasteiger partial charge in [-0.05, 0) is 13.0 Å². The van der Waals surface area contributed by atoms with E-state index in [1.807, 2.05) is 25.2 Å². The van der Waals surface area contributed by atoms with Gasteiger partial charge in [-0.15, -0.1) is 0 Å². The van der Waals surface area contributed by atoms with Crippen molar-refractivity contribution in [2.45, 2.75) is 6.92 Å². The van der Waals surface area contributed by atoms with Crippen molar-refractivity contribution in [3.05, 3.63) is 24.5 Å². The fourth-order valence-electron chi connectivity index (χ4n) is 0.235. The molecule has 0 atom stereocenters. The Kier molecular flexibility index (Phi) is 4.74. The Labute approximate surface area is 44.3 Å². The highest BCUT2D eigenvalue weighted by Gasteiger charge is 1.55. The smallest absolute Gasteiger partial charge is 0.0824 e. The second-order valence-corrected chi connectivity index (χ2v) is 1.09. The number of methoxy groups -OCH3 is 1. The first-order valence-corrected chi connectivity index (χ1v) is 2.22. The minimum atomic E-state index is 1.62. The van der Waals surface area contributed by atoms with Gasteiger partial charge in [-0.2, -0.15) is 0 Å². The maximum atomic E-state index is 4.61. The Morgan fingerprint density at radius 1 is 1.29 bits per heavy atom. The molecule has 0 spiro atoms. The summed E-state index contributed by atoms with van der Waals surface area (Å²) in [6, 6.07) is 0. The van der Waals surface area contributed by atoms with Crippen LogP contribution in [-0.2, 0) is 4.74 Å². The van der Waals surface area contributed by atoms with Crippen LogP contribution in [0.2, 0.25) is 0 Å². The van der Waals surface area contributed by atoms with Gasteiger partial charge in [-0.25, -0.2) is 0 Å². The van der Waals surface area contributed by atoms with E-state index in [9.17, 15) is 0 Å². The third-order valence-electron chi connectivity index (χ3n) is 0.518. The average molecular weight is 98.1 g/mol. The van der Waals surface area contributed by atoms with Gasteiger partial charge in [0.15, 0.2) is 0 Å². The summed E-state index contributed by atoms with van der Waals surface area (Å²) in [5, 5.41) is 0. The monoisotopic (exact) mass is 98.1 g/mol. The van der Waals surface area contributed by atoms with Gasteiger partial charge in [-0.1, -0.05) is 12.2 Å². The predicted octanol–water partition coefficient (Wildman–Crippen LogP) is 1.72. The number of ether oxygens (including phenoxy) is 1. The van der Waals surface area contributed by atoms with Crippen molar-refractivity contribution in [3.8, 4) is 0 Å². The molecule has 1 heteroatoms. The number of allylic oxidation sites excluding steroid dienone is 3. The molecule has 0 rings (SSSR count). The summed E-state index contributed by atoms with van der Waals surface area (Å²) in [5.41, 5.74) is 0. The molecule has 0 fully saturated rings. The first kappa shape index (κ1) is 6.28. The third-order valence-corrected chi connectivity index (χ3v) is 0.518. The van der Waals surface area contributed by atoms with Crippen LogP contribution in [0.1, 0.15) is 6.92 Å². The van der Waals surface area contributed by atoms with Gasteiger partial charge >= 0.3 is 0 Å². The van der Waals surface area contributed by atoms with Gasteiger partial charge in [0.05, 0.1) is 13.4 Å². The van der Waals surface area contributed by atoms with Crippen LogP contribution in [0.25, 0.3) is 0 Å². The summed E-state index contributed by atoms with van der Waals surface area (Å²) >= 11 is 0. The van der Waals surface area contributed by atoms with Gasteiger partial charge < -0.3 is 4.74 Å². The molecular weight excluding hydrogens is 88.1 g/mol. The van der Waals surface area contributed by atoms with E-state index in [4.69, 9.17) is 0 Å². The van der Waals surface area contributed by atoms with Crippen molar-refractivity contribution in [1.29, 1.82) is 0 Å². The van der Waals surface area contributed by atoms with Crippen LogP contribution in [0, 0.1) is 0 Å². The van der Waals surface area contributed by atoms with Gasteiger partial charge in [0.2, 0.25) is 0 Å². The quantitative estimate of drug-likeness (QED) is 0.377. The first-order chi connectivity index (χ1) is 3.41. The van der Waals surface area contributed by atoms with E-state index in [2.05, 4.69) is 4.74 Å². The molecule has 7 heavy (non-hydrogen) atoms. The Morgan fingerprint density at radius 3 is 2.43 bits per heavy atom. The van der Waals surface area contributed by atoms with Crippen LogP contribution in [-0.4, -0.2) is 7.11 Å². The summed E-state index contributed by atoms with van der Waals surface area (Å²) in [7, 11) is 1.62. The van der Waals surface area contributed by atoms with E-state index in [1.54, 1.807) is 13.4 Å². The highest BCUT2D eigenvalue weighted by molar-refractivity contribution is 4.97. The lowest BCUT2D eigenvalue weighted by Gasteiger charge is -1.78. The zero-order chi connectivity index (χ0) is 5.54. The maximum absolute atomic E-state index is 4.61. The molecule has 0 saturated carbocycles. The summed E-state index contributed by atoms with van der Waals surface area (Å²) in [6.45, 7) is 1.96. The van der Waals surface area contributed by atoms with Gasteiger partial charge in [0.25, 0.3) is 0 Å². The minimum absolute atomic E-state index is 1.62. The fourth-order valence-corrected chi connectivity index (χ4v) is 0.235. The Bertz CT molecular complexity index is 72.2. The Balaban J connectivity index is 3.09. The third kappa shape index (κ3) is 5.28. The zero-order valence-corrected chi connectivity index (χ0v) is 4.72. The van der Waals surface area contributed by atoms with Crippen LogP contribution in [0.15, 0.2) is 24.5 Å². The van der Waals surface area contributed by atoms with Gasteiger partial charge in [-0.3, -0.25) is 0 Å².